The highest BCUT2D eigenvalue weighted by Gasteiger charge is 2.49. The van der Waals surface area contributed by atoms with Crippen molar-refractivity contribution in [1.29, 1.82) is 0 Å². The van der Waals surface area contributed by atoms with E-state index >= 15 is 0 Å². The van der Waals surface area contributed by atoms with Crippen LogP contribution >= 0.6 is 0 Å². The first kappa shape index (κ1) is 23.0. The molecule has 3 aliphatic rings. The van der Waals surface area contributed by atoms with Gasteiger partial charge >= 0.3 is 12.1 Å². The fourth-order valence-electron chi connectivity index (χ4n) is 4.11. The molecule has 2 aliphatic heterocycles. The lowest BCUT2D eigenvalue weighted by atomic mass is 10.1. The maximum absolute atomic E-state index is 13.4. The smallest absolute Gasteiger partial charge is 0.410 e. The number of hydrogen-bond acceptors (Lipinski definition) is 9. The molecule has 0 aromatic carbocycles. The summed E-state index contributed by atoms with van der Waals surface area (Å²) in [5.74, 6) is -0.760. The van der Waals surface area contributed by atoms with E-state index in [-0.39, 0.29) is 17.7 Å². The minimum absolute atomic E-state index is 0.150. The summed E-state index contributed by atoms with van der Waals surface area (Å²) in [6.07, 6.45) is 2.34. The Bertz CT molecular complexity index is 1010. The van der Waals surface area contributed by atoms with Crippen molar-refractivity contribution >= 4 is 18.0 Å². The molecule has 0 bridgehead atoms. The van der Waals surface area contributed by atoms with Crippen molar-refractivity contribution in [3.8, 4) is 0 Å². The molecule has 1 saturated carbocycles. The van der Waals surface area contributed by atoms with E-state index in [0.717, 1.165) is 5.70 Å². The second kappa shape index (κ2) is 8.29. The number of fused-ring (bicyclic) bond motifs is 1. The fraction of sp³-hybridized carbons (Fsp3) is 0.591. The van der Waals surface area contributed by atoms with Gasteiger partial charge in [0.25, 0.3) is 5.91 Å². The number of piperazine rings is 1. The van der Waals surface area contributed by atoms with Crippen LogP contribution in [0, 0.1) is 0 Å². The molecule has 0 spiro atoms. The van der Waals surface area contributed by atoms with Gasteiger partial charge in [-0.1, -0.05) is 0 Å². The number of amides is 2. The van der Waals surface area contributed by atoms with Crippen LogP contribution in [0.15, 0.2) is 23.7 Å². The molecule has 0 atom stereocenters. The molecule has 0 radical (unpaired) electrons. The number of carbonyl (C=O) groups excluding carboxylic acids is 3. The largest absolute Gasteiger partial charge is 0.464 e. The van der Waals surface area contributed by atoms with Gasteiger partial charge in [0.1, 0.15) is 11.9 Å². The molecule has 2 amide bonds. The predicted octanol–water partition coefficient (Wildman–Crippen LogP) is 1.04. The van der Waals surface area contributed by atoms with Gasteiger partial charge in [0.2, 0.25) is 0 Å². The summed E-state index contributed by atoms with van der Waals surface area (Å²) in [5, 5.41) is 7.14. The maximum atomic E-state index is 13.4. The molecule has 1 aromatic rings. The van der Waals surface area contributed by atoms with Crippen LogP contribution in [-0.2, 0) is 19.8 Å². The van der Waals surface area contributed by atoms with Crippen molar-refractivity contribution < 1.29 is 23.9 Å². The van der Waals surface area contributed by atoms with Crippen LogP contribution in [0.2, 0.25) is 0 Å². The van der Waals surface area contributed by atoms with Crippen LogP contribution in [0.25, 0.3) is 0 Å². The number of rotatable bonds is 4. The fourth-order valence-corrected chi connectivity index (χ4v) is 4.11. The zero-order chi connectivity index (χ0) is 24.0. The average molecular weight is 459 g/mol. The molecule has 178 valence electrons. The minimum atomic E-state index is -0.637. The monoisotopic (exact) mass is 458 g/mol. The van der Waals surface area contributed by atoms with E-state index in [0.29, 0.717) is 50.3 Å². The lowest BCUT2D eigenvalue weighted by Crippen LogP contribution is -2.50. The SMILES string of the molecule is COC(=O)c1cc(C2(NC(=O)C3=C4CN(C(=O)OC(C)(C)C)CCN4N(C)C3)CC2)ncn1. The van der Waals surface area contributed by atoms with Crippen molar-refractivity contribution in [2.45, 2.75) is 44.8 Å². The molecule has 1 N–H and O–H groups in total. The Balaban J connectivity index is 1.53. The van der Waals surface area contributed by atoms with E-state index in [1.807, 2.05) is 37.8 Å². The highest BCUT2D eigenvalue weighted by Crippen LogP contribution is 2.45. The maximum Gasteiger partial charge on any atom is 0.410 e. The van der Waals surface area contributed by atoms with E-state index in [2.05, 4.69) is 15.3 Å². The number of nitrogens with one attached hydrogen (secondary N) is 1. The first-order valence-electron chi connectivity index (χ1n) is 10.9. The highest BCUT2D eigenvalue weighted by atomic mass is 16.6. The number of methoxy groups -OCH3 is 1. The topological polar surface area (TPSA) is 117 Å². The number of likely N-dealkylation sites (N-methyl/N-ethyl adjacent to an activating group) is 1. The van der Waals surface area contributed by atoms with Crippen LogP contribution in [-0.4, -0.2) is 88.8 Å². The third kappa shape index (κ3) is 4.63. The number of carbonyl (C=O) groups is 3. The Hall–Kier alpha value is -3.21. The van der Waals surface area contributed by atoms with Crippen LogP contribution in [0.4, 0.5) is 4.79 Å². The lowest BCUT2D eigenvalue weighted by Gasteiger charge is -2.38. The molecule has 0 unspecified atom stereocenters. The lowest BCUT2D eigenvalue weighted by molar-refractivity contribution is -0.118. The first-order chi connectivity index (χ1) is 15.5. The molecular formula is C22H30N6O5. The standard InChI is InChI=1S/C22H30N6O5/c1-21(2,3)33-20(31)27-8-9-28-16(12-27)14(11-26(28)4)18(29)25-22(6-7-22)17-10-15(19(30)32-5)23-13-24-17/h10,13H,6-9,11-12H2,1-5H3,(H,25,29). The molecule has 1 aromatic heterocycles. The van der Waals surface area contributed by atoms with Gasteiger partial charge in [0, 0.05) is 13.6 Å². The summed E-state index contributed by atoms with van der Waals surface area (Å²) in [7, 11) is 3.21. The van der Waals surface area contributed by atoms with Crippen molar-refractivity contribution in [2.75, 3.05) is 40.3 Å². The Morgan fingerprint density at radius 2 is 1.85 bits per heavy atom. The van der Waals surface area contributed by atoms with Crippen LogP contribution in [0.3, 0.4) is 0 Å². The zero-order valence-corrected chi connectivity index (χ0v) is 19.7. The average Bonchev–Trinajstić information content (AvgIpc) is 3.48. The molecule has 11 nitrogen and oxygen atoms in total. The quantitative estimate of drug-likeness (QED) is 0.660. The molecular weight excluding hydrogens is 428 g/mol. The molecule has 11 heteroatoms. The van der Waals surface area contributed by atoms with Gasteiger partial charge < -0.3 is 24.7 Å². The van der Waals surface area contributed by atoms with Gasteiger partial charge in [-0.2, -0.15) is 0 Å². The number of esters is 1. The van der Waals surface area contributed by atoms with E-state index in [1.54, 1.807) is 11.0 Å². The molecule has 3 heterocycles. The first-order valence-corrected chi connectivity index (χ1v) is 10.9. The summed E-state index contributed by atoms with van der Waals surface area (Å²) >= 11 is 0. The Morgan fingerprint density at radius 3 is 2.48 bits per heavy atom. The van der Waals surface area contributed by atoms with E-state index in [4.69, 9.17) is 9.47 Å². The molecule has 2 fully saturated rings. The Morgan fingerprint density at radius 1 is 1.12 bits per heavy atom. The Labute approximate surface area is 192 Å². The van der Waals surface area contributed by atoms with E-state index < -0.39 is 17.1 Å². The highest BCUT2D eigenvalue weighted by molar-refractivity contribution is 5.96. The van der Waals surface area contributed by atoms with E-state index in [1.165, 1.54) is 13.4 Å². The number of hydrogen-bond donors (Lipinski definition) is 1. The molecule has 33 heavy (non-hydrogen) atoms. The van der Waals surface area contributed by atoms with Crippen LogP contribution in [0.5, 0.6) is 0 Å². The second-order valence-electron chi connectivity index (χ2n) is 9.58. The number of ether oxygens (including phenoxy) is 2. The number of aromatic nitrogens is 2. The van der Waals surface area contributed by atoms with E-state index in [9.17, 15) is 14.4 Å². The summed E-state index contributed by atoms with van der Waals surface area (Å²) in [5.41, 5.74) is 0.909. The second-order valence-corrected chi connectivity index (χ2v) is 9.58. The molecule has 1 saturated heterocycles. The van der Waals surface area contributed by atoms with Crippen molar-refractivity contribution in [3.05, 3.63) is 35.1 Å². The summed E-state index contributed by atoms with van der Waals surface area (Å²) in [6.45, 7) is 7.33. The summed E-state index contributed by atoms with van der Waals surface area (Å²) in [6, 6.07) is 1.56. The number of nitrogens with zero attached hydrogens (tertiary/aromatic N) is 5. The van der Waals surface area contributed by atoms with Crippen LogP contribution in [0.1, 0.15) is 49.8 Å². The van der Waals surface area contributed by atoms with Crippen molar-refractivity contribution in [1.82, 2.24) is 30.2 Å². The van der Waals surface area contributed by atoms with Gasteiger partial charge in [0.15, 0.2) is 5.69 Å². The summed E-state index contributed by atoms with van der Waals surface area (Å²) in [4.78, 5) is 47.7. The predicted molar refractivity (Wildman–Crippen MR) is 117 cm³/mol. The Kier molecular flexibility index (Phi) is 5.77. The van der Waals surface area contributed by atoms with Gasteiger partial charge in [-0.25, -0.2) is 24.6 Å². The van der Waals surface area contributed by atoms with Gasteiger partial charge in [-0.3, -0.25) is 4.79 Å². The van der Waals surface area contributed by atoms with Crippen molar-refractivity contribution in [2.24, 2.45) is 0 Å². The van der Waals surface area contributed by atoms with Crippen molar-refractivity contribution in [3.63, 3.8) is 0 Å². The third-order valence-corrected chi connectivity index (χ3v) is 5.96. The van der Waals surface area contributed by atoms with Gasteiger partial charge in [-0.15, -0.1) is 0 Å². The van der Waals surface area contributed by atoms with Gasteiger partial charge in [-0.05, 0) is 39.7 Å². The van der Waals surface area contributed by atoms with Gasteiger partial charge in [0.05, 0.1) is 49.2 Å². The third-order valence-electron chi connectivity index (χ3n) is 5.96. The molecule has 4 rings (SSSR count). The number of hydrazine groups is 1. The van der Waals surface area contributed by atoms with Crippen LogP contribution < -0.4 is 5.32 Å². The molecule has 1 aliphatic carbocycles. The zero-order valence-electron chi connectivity index (χ0n) is 19.7. The minimum Gasteiger partial charge on any atom is -0.464 e. The normalized spacial score (nSPS) is 19.8. The summed E-state index contributed by atoms with van der Waals surface area (Å²) < 4.78 is 10.3.